The van der Waals surface area contributed by atoms with Crippen molar-refractivity contribution in [2.24, 2.45) is 0 Å². The summed E-state index contributed by atoms with van der Waals surface area (Å²) in [4.78, 5) is 12.7. The number of thioether (sulfide) groups is 1. The quantitative estimate of drug-likeness (QED) is 0.580. The summed E-state index contributed by atoms with van der Waals surface area (Å²) in [5.74, 6) is 2.89. The monoisotopic (exact) mass is 400 g/mol. The number of amides is 1. The van der Waals surface area contributed by atoms with Gasteiger partial charge in [-0.05, 0) is 45.7 Å². The molecule has 0 unspecified atom stereocenters. The number of rotatable bonds is 8. The predicted molar refractivity (Wildman–Crippen MR) is 106 cm³/mol. The normalized spacial score (nSPS) is 15.1. The van der Waals surface area contributed by atoms with Crippen LogP contribution in [0.3, 0.4) is 0 Å². The Morgan fingerprint density at radius 2 is 2.14 bits per heavy atom. The number of carbonyl (C=O) groups is 1. The van der Waals surface area contributed by atoms with Crippen LogP contribution in [-0.4, -0.2) is 35.7 Å². The second kappa shape index (κ2) is 7.83. The highest BCUT2D eigenvalue weighted by molar-refractivity contribution is 8.00. The molecule has 0 bridgehead atoms. The Bertz CT molecular complexity index is 942. The molecule has 1 N–H and O–H groups in total. The fourth-order valence-electron chi connectivity index (χ4n) is 3.00. The molecule has 3 heterocycles. The standard InChI is InChI=1S/C19H24N6O2S/c1-12(2)25-16(8-9-20-25)21-18(26)13(3)28-19-23-22-17(14-6-7-14)24(19)11-15-5-4-10-27-15/h4-5,8-10,12-14H,6-7,11H2,1-3H3,(H,21,26)/t13-/m1/s1. The van der Waals surface area contributed by atoms with Crippen molar-refractivity contribution in [3.63, 3.8) is 0 Å². The minimum absolute atomic E-state index is 0.0899. The second-order valence-corrected chi connectivity index (χ2v) is 8.59. The molecular weight excluding hydrogens is 376 g/mol. The van der Waals surface area contributed by atoms with Gasteiger partial charge in [-0.25, -0.2) is 4.68 Å². The first-order valence-electron chi connectivity index (χ1n) is 9.49. The molecule has 1 amide bonds. The van der Waals surface area contributed by atoms with Crippen molar-refractivity contribution in [3.05, 3.63) is 42.2 Å². The van der Waals surface area contributed by atoms with E-state index in [0.717, 1.165) is 29.6 Å². The van der Waals surface area contributed by atoms with E-state index in [4.69, 9.17) is 4.42 Å². The predicted octanol–water partition coefficient (Wildman–Crippen LogP) is 3.69. The van der Waals surface area contributed by atoms with E-state index in [-0.39, 0.29) is 17.2 Å². The summed E-state index contributed by atoms with van der Waals surface area (Å²) in [5.41, 5.74) is 0. The van der Waals surface area contributed by atoms with Crippen molar-refractivity contribution in [1.29, 1.82) is 0 Å². The van der Waals surface area contributed by atoms with Gasteiger partial charge in [0.15, 0.2) is 5.16 Å². The summed E-state index contributed by atoms with van der Waals surface area (Å²) >= 11 is 1.41. The Morgan fingerprint density at radius 3 is 2.82 bits per heavy atom. The summed E-state index contributed by atoms with van der Waals surface area (Å²) in [6.45, 7) is 6.50. The number of anilines is 1. The second-order valence-electron chi connectivity index (χ2n) is 7.28. The summed E-state index contributed by atoms with van der Waals surface area (Å²) in [7, 11) is 0. The van der Waals surface area contributed by atoms with Crippen molar-refractivity contribution < 1.29 is 9.21 Å². The Hall–Kier alpha value is -2.55. The molecule has 0 radical (unpaired) electrons. The Morgan fingerprint density at radius 1 is 1.32 bits per heavy atom. The molecule has 9 heteroatoms. The molecule has 28 heavy (non-hydrogen) atoms. The number of hydrogen-bond donors (Lipinski definition) is 1. The number of furan rings is 1. The Kier molecular flexibility index (Phi) is 5.25. The fourth-order valence-corrected chi connectivity index (χ4v) is 3.86. The van der Waals surface area contributed by atoms with Gasteiger partial charge in [-0.3, -0.25) is 9.36 Å². The molecule has 1 aliphatic rings. The van der Waals surface area contributed by atoms with Gasteiger partial charge in [-0.1, -0.05) is 11.8 Å². The Balaban J connectivity index is 1.48. The average Bonchev–Trinajstić information content (AvgIpc) is 3.06. The minimum atomic E-state index is -0.331. The molecule has 0 spiro atoms. The van der Waals surface area contributed by atoms with E-state index in [1.54, 1.807) is 23.2 Å². The summed E-state index contributed by atoms with van der Waals surface area (Å²) in [6, 6.07) is 5.79. The van der Waals surface area contributed by atoms with E-state index in [2.05, 4.69) is 25.2 Å². The number of nitrogens with one attached hydrogen (secondary N) is 1. The van der Waals surface area contributed by atoms with Gasteiger partial charge in [-0.15, -0.1) is 10.2 Å². The summed E-state index contributed by atoms with van der Waals surface area (Å²) in [6.07, 6.45) is 5.62. The van der Waals surface area contributed by atoms with Gasteiger partial charge >= 0.3 is 0 Å². The van der Waals surface area contributed by atoms with Crippen LogP contribution in [0.5, 0.6) is 0 Å². The summed E-state index contributed by atoms with van der Waals surface area (Å²) < 4.78 is 9.36. The van der Waals surface area contributed by atoms with Gasteiger partial charge in [0, 0.05) is 18.0 Å². The number of nitrogens with zero attached hydrogens (tertiary/aromatic N) is 5. The first kappa shape index (κ1) is 18.8. The van der Waals surface area contributed by atoms with Gasteiger partial charge < -0.3 is 9.73 Å². The average molecular weight is 401 g/mol. The van der Waals surface area contributed by atoms with Crippen LogP contribution < -0.4 is 5.32 Å². The molecule has 4 rings (SSSR count). The van der Waals surface area contributed by atoms with Crippen LogP contribution in [0.25, 0.3) is 0 Å². The lowest BCUT2D eigenvalue weighted by Gasteiger charge is -2.15. The zero-order valence-corrected chi connectivity index (χ0v) is 17.0. The van der Waals surface area contributed by atoms with Crippen LogP contribution in [0.15, 0.2) is 40.2 Å². The maximum absolute atomic E-state index is 12.7. The van der Waals surface area contributed by atoms with Crippen LogP contribution in [0.4, 0.5) is 5.82 Å². The third-order valence-corrected chi connectivity index (χ3v) is 5.72. The molecule has 148 valence electrons. The van der Waals surface area contributed by atoms with E-state index < -0.39 is 0 Å². The van der Waals surface area contributed by atoms with Crippen LogP contribution in [0, 0.1) is 0 Å². The lowest BCUT2D eigenvalue weighted by atomic mass is 10.3. The number of aromatic nitrogens is 5. The molecule has 0 saturated heterocycles. The lowest BCUT2D eigenvalue weighted by Crippen LogP contribution is -2.25. The van der Waals surface area contributed by atoms with Crippen LogP contribution in [-0.2, 0) is 11.3 Å². The third-order valence-electron chi connectivity index (χ3n) is 4.64. The van der Waals surface area contributed by atoms with E-state index in [0.29, 0.717) is 18.3 Å². The Labute approximate surface area is 167 Å². The van der Waals surface area contributed by atoms with Crippen molar-refractivity contribution in [3.8, 4) is 0 Å². The van der Waals surface area contributed by atoms with Crippen molar-refractivity contribution >= 4 is 23.5 Å². The molecule has 1 atom stereocenters. The van der Waals surface area contributed by atoms with Crippen LogP contribution in [0.1, 0.15) is 57.2 Å². The van der Waals surface area contributed by atoms with Gasteiger partial charge in [0.1, 0.15) is 17.4 Å². The van der Waals surface area contributed by atoms with Crippen LogP contribution >= 0.6 is 11.8 Å². The molecule has 3 aromatic rings. The molecule has 0 aromatic carbocycles. The highest BCUT2D eigenvalue weighted by Crippen LogP contribution is 2.40. The van der Waals surface area contributed by atoms with E-state index >= 15 is 0 Å². The number of carbonyl (C=O) groups excluding carboxylic acids is 1. The molecule has 1 fully saturated rings. The van der Waals surface area contributed by atoms with Crippen molar-refractivity contribution in [2.75, 3.05) is 5.32 Å². The van der Waals surface area contributed by atoms with E-state index in [1.165, 1.54) is 11.8 Å². The number of hydrogen-bond acceptors (Lipinski definition) is 6. The smallest absolute Gasteiger partial charge is 0.238 e. The highest BCUT2D eigenvalue weighted by atomic mass is 32.2. The van der Waals surface area contributed by atoms with E-state index in [9.17, 15) is 4.79 Å². The molecule has 1 saturated carbocycles. The highest BCUT2D eigenvalue weighted by Gasteiger charge is 2.31. The topological polar surface area (TPSA) is 90.8 Å². The van der Waals surface area contributed by atoms with Crippen molar-refractivity contribution in [1.82, 2.24) is 24.5 Å². The van der Waals surface area contributed by atoms with Gasteiger partial charge in [-0.2, -0.15) is 5.10 Å². The summed E-state index contributed by atoms with van der Waals surface area (Å²) in [5, 5.41) is 16.4. The molecule has 1 aliphatic carbocycles. The maximum atomic E-state index is 12.7. The van der Waals surface area contributed by atoms with Crippen molar-refractivity contribution in [2.45, 2.75) is 62.5 Å². The fraction of sp³-hybridized carbons (Fsp3) is 0.474. The van der Waals surface area contributed by atoms with E-state index in [1.807, 2.05) is 32.9 Å². The van der Waals surface area contributed by atoms with Gasteiger partial charge in [0.25, 0.3) is 0 Å². The maximum Gasteiger partial charge on any atom is 0.238 e. The molecule has 3 aromatic heterocycles. The first-order valence-corrected chi connectivity index (χ1v) is 10.4. The molecule has 0 aliphatic heterocycles. The minimum Gasteiger partial charge on any atom is -0.467 e. The van der Waals surface area contributed by atoms with Gasteiger partial charge in [0.05, 0.1) is 24.3 Å². The third kappa shape index (κ3) is 3.99. The zero-order chi connectivity index (χ0) is 19.7. The first-order chi connectivity index (χ1) is 13.5. The zero-order valence-electron chi connectivity index (χ0n) is 16.2. The largest absolute Gasteiger partial charge is 0.467 e. The van der Waals surface area contributed by atoms with Gasteiger partial charge in [0.2, 0.25) is 5.91 Å². The van der Waals surface area contributed by atoms with Crippen LogP contribution in [0.2, 0.25) is 0 Å². The molecule has 8 nitrogen and oxygen atoms in total. The lowest BCUT2D eigenvalue weighted by molar-refractivity contribution is -0.115. The SMILES string of the molecule is CC(C)n1nccc1NC(=O)[C@@H](C)Sc1nnc(C2CC2)n1Cc1ccco1. The molecular formula is C19H24N6O2S.